The van der Waals surface area contributed by atoms with Gasteiger partial charge in [-0.15, -0.1) is 0 Å². The van der Waals surface area contributed by atoms with Crippen LogP contribution in [0, 0.1) is 28.6 Å². The Morgan fingerprint density at radius 3 is 2.34 bits per heavy atom. The fourth-order valence-electron chi connectivity index (χ4n) is 7.17. The maximum atomic E-state index is 14.0. The second kappa shape index (κ2) is 5.59. The molecule has 3 saturated heterocycles. The molecule has 0 aromatic carbocycles. The highest BCUT2D eigenvalue weighted by molar-refractivity contribution is 6.04. The van der Waals surface area contributed by atoms with E-state index >= 15 is 0 Å². The molecule has 8 nitrogen and oxygen atoms in total. The molecule has 1 saturated carbocycles. The van der Waals surface area contributed by atoms with Crippen LogP contribution in [0.15, 0.2) is 23.3 Å². The van der Waals surface area contributed by atoms with E-state index in [-0.39, 0.29) is 11.6 Å². The van der Waals surface area contributed by atoms with Gasteiger partial charge in [0, 0.05) is 40.4 Å². The number of rotatable bonds is 0. The Morgan fingerprint density at radius 2 is 1.69 bits per heavy atom. The summed E-state index contributed by atoms with van der Waals surface area (Å²) in [5.74, 6) is -3.14. The summed E-state index contributed by atoms with van der Waals surface area (Å²) in [7, 11) is 0. The van der Waals surface area contributed by atoms with E-state index in [4.69, 9.17) is 18.9 Å². The van der Waals surface area contributed by atoms with Gasteiger partial charge in [-0.05, 0) is 40.2 Å². The summed E-state index contributed by atoms with van der Waals surface area (Å²) in [6, 6.07) is 0. The molecule has 4 fully saturated rings. The molecule has 0 radical (unpaired) electrons. The fraction of sp³-hybridized carbons (Fsp3) is 0.667. The Bertz CT molecular complexity index is 1080. The van der Waals surface area contributed by atoms with Gasteiger partial charge < -0.3 is 18.9 Å². The van der Waals surface area contributed by atoms with Crippen molar-refractivity contribution in [3.63, 3.8) is 0 Å². The third-order valence-electron chi connectivity index (χ3n) is 8.96. The van der Waals surface area contributed by atoms with Crippen LogP contribution < -0.4 is 0 Å². The number of hydrogen-bond acceptors (Lipinski definition) is 8. The van der Waals surface area contributed by atoms with E-state index in [1.54, 1.807) is 27.7 Å². The topological polar surface area (TPSA) is 108 Å². The standard InChI is InChI=1S/C24H26O8/c1-10-18(27)16-17-19(30-10)31-20(28)22(17,4)8-13-23(16,5)14(25)6-11-12(24(13)9-29-24)7-15(26)32-21(11,2)3/h6-7,10,13,16-17,19H,8-9H2,1-5H3/t10-,13-,16+,17+,19+,22+,23+,24-/m0/s1. The third kappa shape index (κ3) is 2.11. The van der Waals surface area contributed by atoms with Gasteiger partial charge in [0.1, 0.15) is 17.3 Å². The van der Waals surface area contributed by atoms with Gasteiger partial charge in [-0.2, -0.15) is 0 Å². The monoisotopic (exact) mass is 442 g/mol. The number of allylic oxidation sites excluding steroid dienone is 1. The summed E-state index contributed by atoms with van der Waals surface area (Å²) in [6.07, 6.45) is 1.58. The smallest absolute Gasteiger partial charge is 0.332 e. The summed E-state index contributed by atoms with van der Waals surface area (Å²) in [5.41, 5.74) is -2.88. The van der Waals surface area contributed by atoms with Gasteiger partial charge in [-0.3, -0.25) is 14.4 Å². The van der Waals surface area contributed by atoms with Crippen molar-refractivity contribution >= 4 is 23.5 Å². The molecule has 4 aliphatic heterocycles. The van der Waals surface area contributed by atoms with Crippen LogP contribution in [0.5, 0.6) is 0 Å². The lowest BCUT2D eigenvalue weighted by Gasteiger charge is -2.56. The number of cyclic esters (lactones) is 1. The van der Waals surface area contributed by atoms with E-state index in [0.717, 1.165) is 0 Å². The van der Waals surface area contributed by atoms with E-state index in [1.807, 2.05) is 6.92 Å². The molecule has 8 heteroatoms. The number of carbonyl (C=O) groups excluding carboxylic acids is 4. The zero-order chi connectivity index (χ0) is 23.0. The van der Waals surface area contributed by atoms with E-state index in [1.165, 1.54) is 12.2 Å². The first-order valence-corrected chi connectivity index (χ1v) is 11.1. The number of hydrogen-bond donors (Lipinski definition) is 0. The van der Waals surface area contributed by atoms with Crippen molar-refractivity contribution in [3.05, 3.63) is 23.3 Å². The molecule has 0 bridgehead atoms. The number of Topliss-reactive ketones (excluding diaryl/α,β-unsaturated/α-hetero) is 1. The molecule has 0 unspecified atom stereocenters. The number of ketones is 2. The Balaban J connectivity index is 1.62. The van der Waals surface area contributed by atoms with Crippen molar-refractivity contribution < 1.29 is 38.1 Å². The molecule has 1 spiro atoms. The van der Waals surface area contributed by atoms with Gasteiger partial charge in [-0.25, -0.2) is 4.79 Å². The van der Waals surface area contributed by atoms with Gasteiger partial charge in [0.15, 0.2) is 11.6 Å². The van der Waals surface area contributed by atoms with Crippen LogP contribution in [-0.4, -0.2) is 53.7 Å². The summed E-state index contributed by atoms with van der Waals surface area (Å²) in [4.78, 5) is 53.1. The average molecular weight is 442 g/mol. The SMILES string of the molecule is C[C@@H]1O[C@@H]2OC(=O)[C@]3(C)C[C@H]4[C@](C)(C(=O)C=C5C(=CC(=O)OC5(C)C)[C@@]45CO5)[C@@H](C1=O)[C@H]23. The fourth-order valence-corrected chi connectivity index (χ4v) is 7.17. The Morgan fingerprint density at radius 1 is 1.00 bits per heavy atom. The van der Waals surface area contributed by atoms with Crippen molar-refractivity contribution in [3.8, 4) is 0 Å². The summed E-state index contributed by atoms with van der Waals surface area (Å²) >= 11 is 0. The highest BCUT2D eigenvalue weighted by atomic mass is 16.7. The first-order chi connectivity index (χ1) is 14.9. The minimum atomic E-state index is -1.15. The number of carbonyl (C=O) groups is 4. The van der Waals surface area contributed by atoms with Gasteiger partial charge >= 0.3 is 11.9 Å². The van der Waals surface area contributed by atoms with Crippen molar-refractivity contribution in [2.45, 2.75) is 64.6 Å². The molecule has 6 aliphatic rings. The summed E-state index contributed by atoms with van der Waals surface area (Å²) in [5, 5.41) is 0. The first kappa shape index (κ1) is 20.3. The molecular formula is C24H26O8. The molecular weight excluding hydrogens is 416 g/mol. The molecule has 0 N–H and O–H groups in total. The van der Waals surface area contributed by atoms with Crippen LogP contribution in [0.3, 0.4) is 0 Å². The van der Waals surface area contributed by atoms with Crippen molar-refractivity contribution in [2.24, 2.45) is 28.6 Å². The van der Waals surface area contributed by atoms with Gasteiger partial charge in [0.25, 0.3) is 0 Å². The molecule has 32 heavy (non-hydrogen) atoms. The number of ether oxygens (including phenoxy) is 4. The summed E-state index contributed by atoms with van der Waals surface area (Å²) in [6.45, 7) is 9.04. The van der Waals surface area contributed by atoms with Crippen LogP contribution in [-0.2, 0) is 38.1 Å². The highest BCUT2D eigenvalue weighted by Crippen LogP contribution is 2.69. The lowest BCUT2D eigenvalue weighted by atomic mass is 9.45. The number of esters is 2. The van der Waals surface area contributed by atoms with Crippen molar-refractivity contribution in [2.75, 3.05) is 6.61 Å². The van der Waals surface area contributed by atoms with E-state index in [9.17, 15) is 19.2 Å². The summed E-state index contributed by atoms with van der Waals surface area (Å²) < 4.78 is 23.0. The van der Waals surface area contributed by atoms with Crippen LogP contribution in [0.4, 0.5) is 0 Å². The highest BCUT2D eigenvalue weighted by Gasteiger charge is 2.77. The van der Waals surface area contributed by atoms with E-state index in [0.29, 0.717) is 24.2 Å². The Hall–Kier alpha value is -2.32. The predicted octanol–water partition coefficient (Wildman–Crippen LogP) is 1.66. The number of epoxide rings is 1. The quantitative estimate of drug-likeness (QED) is 0.412. The lowest BCUT2D eigenvalue weighted by Crippen LogP contribution is -2.65. The zero-order valence-corrected chi connectivity index (χ0v) is 18.7. The van der Waals surface area contributed by atoms with Gasteiger partial charge in [0.05, 0.1) is 12.0 Å². The maximum absolute atomic E-state index is 14.0. The molecule has 0 amide bonds. The minimum Gasteiger partial charge on any atom is -0.452 e. The molecule has 4 heterocycles. The predicted molar refractivity (Wildman–Crippen MR) is 107 cm³/mol. The molecule has 170 valence electrons. The van der Waals surface area contributed by atoms with Crippen LogP contribution >= 0.6 is 0 Å². The minimum absolute atomic E-state index is 0.198. The zero-order valence-electron chi connectivity index (χ0n) is 18.7. The second-order valence-electron chi connectivity index (χ2n) is 11.0. The molecule has 8 atom stereocenters. The van der Waals surface area contributed by atoms with Crippen LogP contribution in [0.2, 0.25) is 0 Å². The first-order valence-electron chi connectivity index (χ1n) is 11.1. The van der Waals surface area contributed by atoms with Crippen LogP contribution in [0.25, 0.3) is 0 Å². The van der Waals surface area contributed by atoms with E-state index in [2.05, 4.69) is 0 Å². The average Bonchev–Trinajstić information content (AvgIpc) is 3.45. The van der Waals surface area contributed by atoms with Crippen molar-refractivity contribution in [1.82, 2.24) is 0 Å². The van der Waals surface area contributed by atoms with Gasteiger partial charge in [0.2, 0.25) is 6.29 Å². The molecule has 6 rings (SSSR count). The Labute approximate surface area is 185 Å². The van der Waals surface area contributed by atoms with Crippen LogP contribution in [0.1, 0.15) is 41.0 Å². The lowest BCUT2D eigenvalue weighted by molar-refractivity contribution is -0.221. The second-order valence-corrected chi connectivity index (χ2v) is 11.0. The Kier molecular flexibility index (Phi) is 3.55. The molecule has 2 aliphatic carbocycles. The van der Waals surface area contributed by atoms with E-state index < -0.39 is 64.1 Å². The normalized spacial score (nSPS) is 50.3. The van der Waals surface area contributed by atoms with Crippen molar-refractivity contribution in [1.29, 1.82) is 0 Å². The number of fused-ring (bicyclic) bond motifs is 5. The third-order valence-corrected chi connectivity index (χ3v) is 8.96. The molecule has 0 aromatic rings. The van der Waals surface area contributed by atoms with Gasteiger partial charge in [-0.1, -0.05) is 6.92 Å². The maximum Gasteiger partial charge on any atom is 0.332 e. The molecule has 0 aromatic heterocycles. The largest absolute Gasteiger partial charge is 0.452 e.